The highest BCUT2D eigenvalue weighted by atomic mass is 35.5. The lowest BCUT2D eigenvalue weighted by Crippen LogP contribution is -2.33. The maximum absolute atomic E-state index is 12.1. The molecule has 0 atom stereocenters. The average molecular weight is 368 g/mol. The maximum atomic E-state index is 12.1. The van der Waals surface area contributed by atoms with E-state index in [0.29, 0.717) is 15.6 Å². The van der Waals surface area contributed by atoms with Crippen molar-refractivity contribution >= 4 is 29.6 Å². The summed E-state index contributed by atoms with van der Waals surface area (Å²) in [6, 6.07) is 15.6. The van der Waals surface area contributed by atoms with E-state index in [1.54, 1.807) is 18.3 Å². The van der Waals surface area contributed by atoms with Gasteiger partial charge in [0.1, 0.15) is 0 Å². The third kappa shape index (κ3) is 4.27. The van der Waals surface area contributed by atoms with E-state index < -0.39 is 0 Å². The molecule has 0 fully saturated rings. The van der Waals surface area contributed by atoms with Gasteiger partial charge >= 0.3 is 0 Å². The van der Waals surface area contributed by atoms with Gasteiger partial charge in [0.25, 0.3) is 5.56 Å². The van der Waals surface area contributed by atoms with Crippen LogP contribution >= 0.6 is 11.6 Å². The molecule has 3 aromatic rings. The predicted octanol–water partition coefficient (Wildman–Crippen LogP) is 3.33. The van der Waals surface area contributed by atoms with Crippen LogP contribution in [0.3, 0.4) is 0 Å². The van der Waals surface area contributed by atoms with E-state index >= 15 is 0 Å². The van der Waals surface area contributed by atoms with Crippen molar-refractivity contribution in [2.24, 2.45) is 0 Å². The first-order chi connectivity index (χ1) is 12.3. The molecule has 0 aliphatic carbocycles. The molecule has 0 saturated heterocycles. The molecular weight excluding hydrogens is 346 g/mol. The highest BCUT2D eigenvalue weighted by Gasteiger charge is 2.12. The van der Waals surface area contributed by atoms with E-state index in [1.165, 1.54) is 5.56 Å². The Kier molecular flexibility index (Phi) is 5.05. The third-order valence-corrected chi connectivity index (χ3v) is 4.41. The highest BCUT2D eigenvalue weighted by molar-refractivity contribution is 6.30. The second-order valence-electron chi connectivity index (χ2n) is 7.22. The van der Waals surface area contributed by atoms with Crippen LogP contribution in [0.15, 0.2) is 53.3 Å². The zero-order valence-electron chi connectivity index (χ0n) is 15.1. The van der Waals surface area contributed by atoms with E-state index in [0.717, 1.165) is 11.3 Å². The summed E-state index contributed by atoms with van der Waals surface area (Å²) in [5, 5.41) is 10.6. The van der Waals surface area contributed by atoms with Crippen LogP contribution in [0.2, 0.25) is 5.02 Å². The third-order valence-electron chi connectivity index (χ3n) is 4.16. The minimum atomic E-state index is -0.158. The van der Waals surface area contributed by atoms with Crippen LogP contribution in [0.25, 0.3) is 12.3 Å². The molecule has 0 unspecified atom stereocenters. The van der Waals surface area contributed by atoms with Gasteiger partial charge in [0.15, 0.2) is 0 Å². The van der Waals surface area contributed by atoms with Crippen LogP contribution in [0.4, 0.5) is 5.69 Å². The first-order valence-electron chi connectivity index (χ1n) is 8.44. The fourth-order valence-electron chi connectivity index (χ4n) is 2.59. The molecular formula is C21H22ClN3O. The van der Waals surface area contributed by atoms with Crippen molar-refractivity contribution in [3.63, 3.8) is 0 Å². The summed E-state index contributed by atoms with van der Waals surface area (Å²) in [6.45, 7) is 6.54. The van der Waals surface area contributed by atoms with Gasteiger partial charge in [-0.2, -0.15) is 0 Å². The van der Waals surface area contributed by atoms with Crippen LogP contribution in [0, 0.1) is 0 Å². The molecule has 134 valence electrons. The number of H-pyrrole nitrogens is 2. The molecule has 0 radical (unpaired) electrons. The minimum absolute atomic E-state index is 0.103. The average Bonchev–Trinajstić information content (AvgIpc) is 2.94. The number of nitrogens with one attached hydrogen (secondary N) is 3. The van der Waals surface area contributed by atoms with Gasteiger partial charge in [-0.25, -0.2) is 0 Å². The van der Waals surface area contributed by atoms with Crippen LogP contribution in [0.5, 0.6) is 0 Å². The second kappa shape index (κ2) is 7.26. The molecule has 2 aromatic carbocycles. The Hall–Kier alpha value is -2.72. The van der Waals surface area contributed by atoms with Crippen molar-refractivity contribution in [3.8, 4) is 0 Å². The topological polar surface area (TPSA) is 60.7 Å². The highest BCUT2D eigenvalue weighted by Crippen LogP contribution is 2.22. The number of hydrogen-bond acceptors (Lipinski definition) is 2. The number of aromatic amines is 2. The van der Waals surface area contributed by atoms with Crippen LogP contribution < -0.4 is 21.4 Å². The van der Waals surface area contributed by atoms with Crippen molar-refractivity contribution in [1.29, 1.82) is 0 Å². The summed E-state index contributed by atoms with van der Waals surface area (Å²) in [5.41, 5.74) is 3.06. The Labute approximate surface area is 157 Å². The molecule has 4 nitrogen and oxygen atoms in total. The largest absolute Gasteiger partial charge is 0.360 e. The monoisotopic (exact) mass is 367 g/mol. The van der Waals surface area contributed by atoms with E-state index in [2.05, 4.69) is 48.4 Å². The number of aromatic nitrogens is 2. The summed E-state index contributed by atoms with van der Waals surface area (Å²) >= 11 is 5.89. The van der Waals surface area contributed by atoms with Crippen LogP contribution in [-0.4, -0.2) is 10.2 Å². The number of halogens is 1. The Morgan fingerprint density at radius 1 is 0.962 bits per heavy atom. The lowest BCUT2D eigenvalue weighted by molar-refractivity contribution is 0.590. The van der Waals surface area contributed by atoms with Gasteiger partial charge < -0.3 is 5.32 Å². The van der Waals surface area contributed by atoms with Crippen molar-refractivity contribution in [1.82, 2.24) is 10.2 Å². The molecule has 1 aromatic heterocycles. The van der Waals surface area contributed by atoms with Gasteiger partial charge in [0.2, 0.25) is 0 Å². The zero-order chi connectivity index (χ0) is 18.7. The summed E-state index contributed by atoms with van der Waals surface area (Å²) in [4.78, 5) is 12.1. The number of anilines is 1. The van der Waals surface area contributed by atoms with Gasteiger partial charge in [-0.1, -0.05) is 56.6 Å². The number of rotatable bonds is 3. The Bertz CT molecular complexity index is 1050. The first-order valence-corrected chi connectivity index (χ1v) is 8.82. The second-order valence-corrected chi connectivity index (χ2v) is 7.65. The van der Waals surface area contributed by atoms with Crippen LogP contribution in [-0.2, 0) is 5.41 Å². The van der Waals surface area contributed by atoms with E-state index in [1.807, 2.05) is 30.3 Å². The molecule has 0 spiro atoms. The Balaban J connectivity index is 1.94. The smallest absolute Gasteiger partial charge is 0.271 e. The SMILES string of the molecule is CC(C)(C)c1ccc(/C=c2/c(=O)[nH][nH]/c2=C\Nc2ccc(Cl)cc2)cc1. The summed E-state index contributed by atoms with van der Waals surface area (Å²) < 4.78 is 0. The number of hydrogen-bond donors (Lipinski definition) is 3. The summed E-state index contributed by atoms with van der Waals surface area (Å²) in [7, 11) is 0. The standard InChI is InChI=1S/C21H22ClN3O/c1-21(2,3)15-6-4-14(5-7-15)12-18-19(24-25-20(18)26)13-23-17-10-8-16(22)9-11-17/h4-13,23-24H,1-3H3,(H,25,26)/b18-12+,19-13-. The lowest BCUT2D eigenvalue weighted by atomic mass is 9.87. The van der Waals surface area contributed by atoms with Crippen molar-refractivity contribution in [2.45, 2.75) is 26.2 Å². The number of benzene rings is 2. The van der Waals surface area contributed by atoms with E-state index in [4.69, 9.17) is 11.6 Å². The first kappa shape index (κ1) is 18.1. The summed E-state index contributed by atoms with van der Waals surface area (Å²) in [5.74, 6) is 0. The van der Waals surface area contributed by atoms with Gasteiger partial charge in [-0.15, -0.1) is 0 Å². The molecule has 1 heterocycles. The van der Waals surface area contributed by atoms with Gasteiger partial charge in [0, 0.05) is 16.9 Å². The maximum Gasteiger partial charge on any atom is 0.271 e. The van der Waals surface area contributed by atoms with Crippen molar-refractivity contribution in [2.75, 3.05) is 5.32 Å². The van der Waals surface area contributed by atoms with Crippen molar-refractivity contribution < 1.29 is 0 Å². The lowest BCUT2D eigenvalue weighted by Gasteiger charge is -2.18. The molecule has 5 heteroatoms. The molecule has 0 amide bonds. The fourth-order valence-corrected chi connectivity index (χ4v) is 2.71. The molecule has 0 aliphatic heterocycles. The molecule has 3 rings (SSSR count). The molecule has 0 saturated carbocycles. The predicted molar refractivity (Wildman–Crippen MR) is 109 cm³/mol. The molecule has 26 heavy (non-hydrogen) atoms. The van der Waals surface area contributed by atoms with E-state index in [-0.39, 0.29) is 11.0 Å². The van der Waals surface area contributed by atoms with E-state index in [9.17, 15) is 4.79 Å². The van der Waals surface area contributed by atoms with Crippen LogP contribution in [0.1, 0.15) is 31.9 Å². The molecule has 0 bridgehead atoms. The normalized spacial score (nSPS) is 13.2. The van der Waals surface area contributed by atoms with Gasteiger partial charge in [0.05, 0.1) is 10.6 Å². The molecule has 0 aliphatic rings. The fraction of sp³-hybridized carbons (Fsp3) is 0.190. The minimum Gasteiger partial charge on any atom is -0.360 e. The quantitative estimate of drug-likeness (QED) is 0.665. The Morgan fingerprint density at radius 2 is 1.62 bits per heavy atom. The Morgan fingerprint density at radius 3 is 2.23 bits per heavy atom. The van der Waals surface area contributed by atoms with Gasteiger partial charge in [-0.05, 0) is 46.9 Å². The van der Waals surface area contributed by atoms with Crippen molar-refractivity contribution in [3.05, 3.63) is 85.6 Å². The van der Waals surface area contributed by atoms with Gasteiger partial charge in [-0.3, -0.25) is 15.0 Å². The summed E-state index contributed by atoms with van der Waals surface area (Å²) in [6.07, 6.45) is 3.63. The molecule has 3 N–H and O–H groups in total. The zero-order valence-corrected chi connectivity index (χ0v) is 15.8.